The molecule has 1 heterocycles. The first-order valence-corrected chi connectivity index (χ1v) is 4.41. The third-order valence-corrected chi connectivity index (χ3v) is 1.95. The van der Waals surface area contributed by atoms with Crippen LogP contribution in [0, 0.1) is 0 Å². The number of nitrogens with zero attached hydrogens (tertiary/aromatic N) is 4. The monoisotopic (exact) mass is 228 g/mol. The Hall–Kier alpha value is -1.92. The summed E-state index contributed by atoms with van der Waals surface area (Å²) in [6.45, 7) is 1.23. The minimum absolute atomic E-state index is 0.263. The van der Waals surface area contributed by atoms with Crippen LogP contribution in [0.3, 0.4) is 0 Å². The number of hydrogen-bond acceptors (Lipinski definition) is 3. The van der Waals surface area contributed by atoms with Crippen molar-refractivity contribution in [2.45, 2.75) is 13.2 Å². The van der Waals surface area contributed by atoms with Gasteiger partial charge in [0, 0.05) is 0 Å². The molecule has 0 aliphatic carbocycles. The van der Waals surface area contributed by atoms with Gasteiger partial charge in [-0.05, 0) is 19.1 Å². The van der Waals surface area contributed by atoms with Gasteiger partial charge in [0.25, 0.3) is 0 Å². The molecule has 0 fully saturated rings. The van der Waals surface area contributed by atoms with E-state index in [0.29, 0.717) is 11.0 Å². The molecule has 0 amide bonds. The SMILES string of the molecule is C/C(=N\C(F)(F)F)n1nnc2ccccc21. The van der Waals surface area contributed by atoms with Crippen LogP contribution in [0.4, 0.5) is 13.2 Å². The second-order valence-corrected chi connectivity index (χ2v) is 3.12. The number of para-hydroxylation sites is 1. The van der Waals surface area contributed by atoms with Crippen LogP contribution >= 0.6 is 0 Å². The lowest BCUT2D eigenvalue weighted by molar-refractivity contribution is -0.119. The van der Waals surface area contributed by atoms with Crippen LogP contribution in [0.25, 0.3) is 11.0 Å². The average Bonchev–Trinajstić information content (AvgIpc) is 2.58. The van der Waals surface area contributed by atoms with Gasteiger partial charge in [0.15, 0.2) is 0 Å². The van der Waals surface area contributed by atoms with Crippen LogP contribution in [-0.2, 0) is 0 Å². The Morgan fingerprint density at radius 3 is 2.69 bits per heavy atom. The number of halogens is 3. The fourth-order valence-corrected chi connectivity index (χ4v) is 1.34. The Balaban J connectivity index is 2.52. The molecular weight excluding hydrogens is 221 g/mol. The average molecular weight is 228 g/mol. The van der Waals surface area contributed by atoms with Crippen LogP contribution in [0.15, 0.2) is 29.3 Å². The highest BCUT2D eigenvalue weighted by Crippen LogP contribution is 2.17. The van der Waals surface area contributed by atoms with Crippen molar-refractivity contribution >= 4 is 16.9 Å². The maximum Gasteiger partial charge on any atom is 0.504 e. The fraction of sp³-hybridized carbons (Fsp3) is 0.222. The molecule has 0 radical (unpaired) electrons. The smallest absolute Gasteiger partial charge is 0.199 e. The van der Waals surface area contributed by atoms with E-state index in [0.717, 1.165) is 4.68 Å². The third kappa shape index (κ3) is 2.02. The van der Waals surface area contributed by atoms with E-state index < -0.39 is 6.30 Å². The minimum Gasteiger partial charge on any atom is -0.199 e. The predicted molar refractivity (Wildman–Crippen MR) is 52.1 cm³/mol. The van der Waals surface area contributed by atoms with E-state index in [1.807, 2.05) is 0 Å². The number of hydrogen-bond donors (Lipinski definition) is 0. The van der Waals surface area contributed by atoms with Gasteiger partial charge in [0.2, 0.25) is 0 Å². The van der Waals surface area contributed by atoms with Crippen molar-refractivity contribution in [1.29, 1.82) is 0 Å². The summed E-state index contributed by atoms with van der Waals surface area (Å²) in [5.41, 5.74) is 1.02. The molecule has 0 aliphatic rings. The summed E-state index contributed by atoms with van der Waals surface area (Å²) in [6.07, 6.45) is -4.60. The van der Waals surface area contributed by atoms with Gasteiger partial charge in [-0.1, -0.05) is 17.3 Å². The number of aromatic nitrogens is 3. The first-order valence-electron chi connectivity index (χ1n) is 4.41. The van der Waals surface area contributed by atoms with E-state index in [4.69, 9.17) is 0 Å². The van der Waals surface area contributed by atoms with Crippen LogP contribution in [0.2, 0.25) is 0 Å². The molecule has 2 rings (SSSR count). The van der Waals surface area contributed by atoms with Crippen LogP contribution in [0.1, 0.15) is 6.92 Å². The van der Waals surface area contributed by atoms with Crippen molar-refractivity contribution in [2.24, 2.45) is 4.99 Å². The highest BCUT2D eigenvalue weighted by molar-refractivity contribution is 5.90. The number of alkyl halides is 3. The largest absolute Gasteiger partial charge is 0.504 e. The lowest BCUT2D eigenvalue weighted by Crippen LogP contribution is -2.15. The molecule has 4 nitrogen and oxygen atoms in total. The van der Waals surface area contributed by atoms with Crippen molar-refractivity contribution in [3.05, 3.63) is 24.3 Å². The number of benzene rings is 1. The molecule has 7 heteroatoms. The van der Waals surface area contributed by atoms with Crippen molar-refractivity contribution < 1.29 is 13.2 Å². The summed E-state index contributed by atoms with van der Waals surface area (Å²) in [5, 5.41) is 7.35. The van der Waals surface area contributed by atoms with Crippen molar-refractivity contribution in [2.75, 3.05) is 0 Å². The van der Waals surface area contributed by atoms with Crippen molar-refractivity contribution in [3.63, 3.8) is 0 Å². The molecule has 1 aromatic carbocycles. The Morgan fingerprint density at radius 2 is 2.00 bits per heavy atom. The van der Waals surface area contributed by atoms with E-state index in [1.54, 1.807) is 24.3 Å². The van der Waals surface area contributed by atoms with E-state index in [-0.39, 0.29) is 5.84 Å². The third-order valence-electron chi connectivity index (χ3n) is 1.95. The summed E-state index contributed by atoms with van der Waals surface area (Å²) in [6, 6.07) is 6.73. The van der Waals surface area contributed by atoms with E-state index in [9.17, 15) is 13.2 Å². The van der Waals surface area contributed by atoms with Crippen molar-refractivity contribution in [1.82, 2.24) is 15.0 Å². The molecule has 0 N–H and O–H groups in total. The zero-order chi connectivity index (χ0) is 11.8. The van der Waals surface area contributed by atoms with Gasteiger partial charge >= 0.3 is 6.30 Å². The van der Waals surface area contributed by atoms with E-state index >= 15 is 0 Å². The minimum atomic E-state index is -4.60. The number of fused-ring (bicyclic) bond motifs is 1. The Bertz CT molecular complexity index is 541. The quantitative estimate of drug-likeness (QED) is 0.394. The van der Waals surface area contributed by atoms with Gasteiger partial charge in [-0.3, -0.25) is 0 Å². The standard InChI is InChI=1S/C9H7F3N4/c1-6(13-9(10,11)12)16-8-5-3-2-4-7(8)14-15-16/h2-5H,1H3/b13-6+. The first-order chi connectivity index (χ1) is 7.47. The highest BCUT2D eigenvalue weighted by Gasteiger charge is 2.27. The molecule has 2 aromatic rings. The van der Waals surface area contributed by atoms with Crippen molar-refractivity contribution in [3.8, 4) is 0 Å². The number of rotatable bonds is 0. The van der Waals surface area contributed by atoms with Crippen LogP contribution in [0.5, 0.6) is 0 Å². The van der Waals surface area contributed by atoms with Gasteiger partial charge in [0.1, 0.15) is 11.4 Å². The molecule has 0 atom stereocenters. The summed E-state index contributed by atoms with van der Waals surface area (Å²) in [4.78, 5) is 2.58. The molecule has 0 saturated carbocycles. The number of aliphatic imine (C=N–C) groups is 1. The molecule has 0 aliphatic heterocycles. The second kappa shape index (κ2) is 3.58. The molecule has 1 aromatic heterocycles. The van der Waals surface area contributed by atoms with Gasteiger partial charge in [-0.15, -0.1) is 18.3 Å². The molecule has 0 unspecified atom stereocenters. The van der Waals surface area contributed by atoms with Gasteiger partial charge in [0.05, 0.1) is 5.52 Å². The van der Waals surface area contributed by atoms with Gasteiger partial charge in [-0.2, -0.15) is 9.67 Å². The molecule has 16 heavy (non-hydrogen) atoms. The molecule has 0 bridgehead atoms. The Morgan fingerprint density at radius 1 is 1.31 bits per heavy atom. The topological polar surface area (TPSA) is 43.1 Å². The van der Waals surface area contributed by atoms with E-state index in [1.165, 1.54) is 6.92 Å². The predicted octanol–water partition coefficient (Wildman–Crippen LogP) is 2.22. The maximum absolute atomic E-state index is 12.0. The van der Waals surface area contributed by atoms with Gasteiger partial charge < -0.3 is 0 Å². The van der Waals surface area contributed by atoms with Crippen LogP contribution < -0.4 is 0 Å². The zero-order valence-electron chi connectivity index (χ0n) is 8.23. The normalized spacial score (nSPS) is 13.4. The Kier molecular flexibility index (Phi) is 2.37. The lowest BCUT2D eigenvalue weighted by Gasteiger charge is -2.03. The van der Waals surface area contributed by atoms with E-state index in [2.05, 4.69) is 15.3 Å². The first kappa shape index (κ1) is 10.6. The maximum atomic E-state index is 12.0. The Labute approximate surface area is 88.4 Å². The molecule has 84 valence electrons. The lowest BCUT2D eigenvalue weighted by atomic mass is 10.3. The summed E-state index contributed by atoms with van der Waals surface area (Å²) in [7, 11) is 0. The molecule has 0 saturated heterocycles. The summed E-state index contributed by atoms with van der Waals surface area (Å²) in [5.74, 6) is -0.263. The highest BCUT2D eigenvalue weighted by atomic mass is 19.4. The van der Waals surface area contributed by atoms with Gasteiger partial charge in [-0.25, -0.2) is 0 Å². The second-order valence-electron chi connectivity index (χ2n) is 3.12. The van der Waals surface area contributed by atoms with Crippen LogP contribution in [-0.4, -0.2) is 27.1 Å². The fourth-order valence-electron chi connectivity index (χ4n) is 1.34. The zero-order valence-corrected chi connectivity index (χ0v) is 8.23. The molecule has 0 spiro atoms. The summed E-state index contributed by atoms with van der Waals surface area (Å²) >= 11 is 0. The summed E-state index contributed by atoms with van der Waals surface area (Å²) < 4.78 is 37.2. The molecular formula is C9H7F3N4.